The molecule has 4 rings (SSSR count). The summed E-state index contributed by atoms with van der Waals surface area (Å²) in [4.78, 5) is 13.7. The molecule has 1 aliphatic carbocycles. The molecule has 29 heavy (non-hydrogen) atoms. The van der Waals surface area contributed by atoms with E-state index in [4.69, 9.17) is 4.74 Å². The fourth-order valence-electron chi connectivity index (χ4n) is 4.04. The van der Waals surface area contributed by atoms with Gasteiger partial charge in [0.2, 0.25) is 0 Å². The van der Waals surface area contributed by atoms with Crippen molar-refractivity contribution in [3.05, 3.63) is 54.2 Å². The smallest absolute Gasteiger partial charge is 0.193 e. The van der Waals surface area contributed by atoms with Gasteiger partial charge in [-0.2, -0.15) is 0 Å². The summed E-state index contributed by atoms with van der Waals surface area (Å²) in [5, 5.41) is 3.63. The molecule has 1 aliphatic heterocycles. The van der Waals surface area contributed by atoms with Gasteiger partial charge >= 0.3 is 0 Å². The highest BCUT2D eigenvalue weighted by Crippen LogP contribution is 2.50. The number of anilines is 1. The van der Waals surface area contributed by atoms with Gasteiger partial charge in [-0.15, -0.1) is 24.0 Å². The molecular formula is C22H30IN5O. The number of ether oxygens (including phenoxy) is 1. The molecule has 2 aliphatic rings. The third-order valence-corrected chi connectivity index (χ3v) is 5.88. The predicted octanol–water partition coefficient (Wildman–Crippen LogP) is 3.14. The Labute approximate surface area is 190 Å². The van der Waals surface area contributed by atoms with E-state index >= 15 is 0 Å². The first-order valence-electron chi connectivity index (χ1n) is 10.0. The van der Waals surface area contributed by atoms with Gasteiger partial charge in [-0.25, -0.2) is 4.98 Å². The number of benzene rings is 1. The molecule has 1 saturated carbocycles. The Morgan fingerprint density at radius 1 is 1.10 bits per heavy atom. The lowest BCUT2D eigenvalue weighted by Crippen LogP contribution is -2.53. The molecule has 2 fully saturated rings. The van der Waals surface area contributed by atoms with Crippen LogP contribution in [-0.2, 0) is 5.41 Å². The molecule has 0 radical (unpaired) electrons. The van der Waals surface area contributed by atoms with Crippen LogP contribution in [0.4, 0.5) is 5.82 Å². The summed E-state index contributed by atoms with van der Waals surface area (Å²) in [5.41, 5.74) is 1.47. The molecule has 0 bridgehead atoms. The molecule has 0 atom stereocenters. The lowest BCUT2D eigenvalue weighted by molar-refractivity contribution is 0.368. The van der Waals surface area contributed by atoms with Crippen LogP contribution in [0.1, 0.15) is 18.4 Å². The van der Waals surface area contributed by atoms with Crippen molar-refractivity contribution in [1.29, 1.82) is 0 Å². The maximum atomic E-state index is 5.60. The van der Waals surface area contributed by atoms with Gasteiger partial charge in [0.1, 0.15) is 11.6 Å². The van der Waals surface area contributed by atoms with Crippen molar-refractivity contribution in [2.75, 3.05) is 51.8 Å². The van der Waals surface area contributed by atoms with Crippen LogP contribution >= 0.6 is 24.0 Å². The minimum Gasteiger partial charge on any atom is -0.496 e. The summed E-state index contributed by atoms with van der Waals surface area (Å²) >= 11 is 0. The minimum atomic E-state index is 0. The van der Waals surface area contributed by atoms with Gasteiger partial charge in [0.05, 0.1) is 7.11 Å². The molecule has 156 valence electrons. The summed E-state index contributed by atoms with van der Waals surface area (Å²) in [6.07, 6.45) is 4.23. The Morgan fingerprint density at radius 2 is 1.83 bits per heavy atom. The largest absolute Gasteiger partial charge is 0.496 e. The van der Waals surface area contributed by atoms with Crippen molar-refractivity contribution >= 4 is 35.8 Å². The van der Waals surface area contributed by atoms with Gasteiger partial charge in [0.25, 0.3) is 0 Å². The van der Waals surface area contributed by atoms with E-state index in [0.717, 1.165) is 50.3 Å². The summed E-state index contributed by atoms with van der Waals surface area (Å²) in [5.74, 6) is 3.03. The third kappa shape index (κ3) is 4.76. The number of rotatable bonds is 5. The Bertz CT molecular complexity index is 817. The number of halogens is 1. The second-order valence-corrected chi connectivity index (χ2v) is 7.54. The molecule has 0 unspecified atom stereocenters. The fourth-order valence-corrected chi connectivity index (χ4v) is 4.04. The van der Waals surface area contributed by atoms with Crippen molar-refractivity contribution in [2.45, 2.75) is 18.3 Å². The summed E-state index contributed by atoms with van der Waals surface area (Å²) in [6.45, 7) is 4.68. The molecular weight excluding hydrogens is 477 g/mol. The number of nitrogens with one attached hydrogen (secondary N) is 1. The number of piperazine rings is 1. The van der Waals surface area contributed by atoms with Crippen LogP contribution in [-0.4, -0.2) is 62.7 Å². The fraction of sp³-hybridized carbons (Fsp3) is 0.455. The van der Waals surface area contributed by atoms with E-state index in [2.05, 4.69) is 49.4 Å². The molecule has 0 spiro atoms. The van der Waals surface area contributed by atoms with Crippen LogP contribution in [0.3, 0.4) is 0 Å². The normalized spacial score (nSPS) is 18.1. The highest BCUT2D eigenvalue weighted by molar-refractivity contribution is 14.0. The highest BCUT2D eigenvalue weighted by atomic mass is 127. The molecule has 7 heteroatoms. The van der Waals surface area contributed by atoms with Crippen LogP contribution in [0, 0.1) is 0 Å². The summed E-state index contributed by atoms with van der Waals surface area (Å²) < 4.78 is 5.60. The van der Waals surface area contributed by atoms with Crippen molar-refractivity contribution in [1.82, 2.24) is 15.2 Å². The Kier molecular flexibility index (Phi) is 7.21. The van der Waals surface area contributed by atoms with Gasteiger partial charge in [-0.05, 0) is 31.0 Å². The first kappa shape index (κ1) is 21.7. The Morgan fingerprint density at radius 3 is 2.45 bits per heavy atom. The van der Waals surface area contributed by atoms with Gasteiger partial charge < -0.3 is 19.9 Å². The first-order chi connectivity index (χ1) is 13.8. The monoisotopic (exact) mass is 507 g/mol. The first-order valence-corrected chi connectivity index (χ1v) is 10.0. The standard InChI is InChI=1S/C22H29N5O.HI/c1-23-21(27-15-13-26(14-16-27)20-9-5-6-12-24-20)25-17-22(10-11-22)18-7-3-4-8-19(18)28-2;/h3-9,12H,10-11,13-17H2,1-2H3,(H,23,25);1H. The van der Waals surface area contributed by atoms with Crippen LogP contribution in [0.2, 0.25) is 0 Å². The zero-order valence-electron chi connectivity index (χ0n) is 17.2. The number of hydrogen-bond donors (Lipinski definition) is 1. The van der Waals surface area contributed by atoms with Crippen molar-refractivity contribution in [3.8, 4) is 5.75 Å². The van der Waals surface area contributed by atoms with Crippen LogP contribution < -0.4 is 15.0 Å². The third-order valence-electron chi connectivity index (χ3n) is 5.88. The number of para-hydroxylation sites is 1. The lowest BCUT2D eigenvalue weighted by Gasteiger charge is -2.37. The van der Waals surface area contributed by atoms with Crippen LogP contribution in [0.15, 0.2) is 53.7 Å². The molecule has 2 heterocycles. The highest BCUT2D eigenvalue weighted by Gasteiger charge is 2.46. The number of aromatic nitrogens is 1. The van der Waals surface area contributed by atoms with Crippen molar-refractivity contribution in [2.24, 2.45) is 4.99 Å². The molecule has 1 aromatic heterocycles. The second kappa shape index (κ2) is 9.65. The van der Waals surface area contributed by atoms with E-state index < -0.39 is 0 Å². The average molecular weight is 507 g/mol. The van der Waals surface area contributed by atoms with Gasteiger partial charge in [-0.3, -0.25) is 4.99 Å². The lowest BCUT2D eigenvalue weighted by atomic mass is 9.95. The SMILES string of the molecule is CN=C(NCC1(c2ccccc2OC)CC1)N1CCN(c2ccccn2)CC1.I. The predicted molar refractivity (Wildman–Crippen MR) is 129 cm³/mol. The van der Waals surface area contributed by atoms with E-state index in [1.54, 1.807) is 7.11 Å². The number of pyridine rings is 1. The minimum absolute atomic E-state index is 0. The summed E-state index contributed by atoms with van der Waals surface area (Å²) in [6, 6.07) is 14.5. The van der Waals surface area contributed by atoms with Gasteiger partial charge in [0, 0.05) is 56.9 Å². The van der Waals surface area contributed by atoms with E-state index in [0.29, 0.717) is 0 Å². The number of methoxy groups -OCH3 is 1. The molecule has 1 saturated heterocycles. The van der Waals surface area contributed by atoms with Gasteiger partial charge in [-0.1, -0.05) is 24.3 Å². The molecule has 6 nitrogen and oxygen atoms in total. The Balaban J connectivity index is 0.00000240. The van der Waals surface area contributed by atoms with Crippen LogP contribution in [0.5, 0.6) is 5.75 Å². The molecule has 1 N–H and O–H groups in total. The van der Waals surface area contributed by atoms with E-state index in [1.807, 2.05) is 31.4 Å². The zero-order valence-corrected chi connectivity index (χ0v) is 19.5. The quantitative estimate of drug-likeness (QED) is 0.383. The number of aliphatic imine (C=N–C) groups is 1. The van der Waals surface area contributed by atoms with E-state index in [1.165, 1.54) is 18.4 Å². The van der Waals surface area contributed by atoms with Crippen molar-refractivity contribution < 1.29 is 4.74 Å². The average Bonchev–Trinajstić information content (AvgIpc) is 3.56. The molecule has 2 aromatic rings. The Hall–Kier alpha value is -2.03. The van der Waals surface area contributed by atoms with E-state index in [-0.39, 0.29) is 29.4 Å². The zero-order chi connectivity index (χ0) is 19.4. The number of nitrogens with zero attached hydrogens (tertiary/aromatic N) is 4. The topological polar surface area (TPSA) is 53.0 Å². The van der Waals surface area contributed by atoms with Crippen LogP contribution in [0.25, 0.3) is 0 Å². The molecule has 0 amide bonds. The van der Waals surface area contributed by atoms with Crippen molar-refractivity contribution in [3.63, 3.8) is 0 Å². The summed E-state index contributed by atoms with van der Waals surface area (Å²) in [7, 11) is 3.62. The number of guanidine groups is 1. The maximum absolute atomic E-state index is 5.60. The maximum Gasteiger partial charge on any atom is 0.193 e. The molecule has 1 aromatic carbocycles. The number of hydrogen-bond acceptors (Lipinski definition) is 4. The van der Waals surface area contributed by atoms with E-state index in [9.17, 15) is 0 Å². The van der Waals surface area contributed by atoms with Gasteiger partial charge in [0.15, 0.2) is 5.96 Å². The second-order valence-electron chi connectivity index (χ2n) is 7.54.